The maximum Gasteiger partial charge on any atom is 0.182 e. The van der Waals surface area contributed by atoms with Gasteiger partial charge in [0.1, 0.15) is 0 Å². The Kier molecular flexibility index (Phi) is 5.53. The summed E-state index contributed by atoms with van der Waals surface area (Å²) in [6, 6.07) is 0. The van der Waals surface area contributed by atoms with Crippen molar-refractivity contribution in [3.05, 3.63) is 0 Å². The number of nitrogens with one attached hydrogen (secondary N) is 1. The van der Waals surface area contributed by atoms with Crippen LogP contribution in [-0.4, -0.2) is 36.2 Å². The van der Waals surface area contributed by atoms with E-state index in [1.54, 1.807) is 0 Å². The third kappa shape index (κ3) is 5.02. The van der Waals surface area contributed by atoms with Gasteiger partial charge in [0, 0.05) is 24.6 Å². The molecule has 0 aromatic carbocycles. The number of rotatable bonds is 6. The van der Waals surface area contributed by atoms with E-state index < -0.39 is 11.6 Å². The van der Waals surface area contributed by atoms with Crippen molar-refractivity contribution in [1.82, 2.24) is 5.32 Å². The molecule has 0 unspecified atom stereocenters. The molecule has 13 heavy (non-hydrogen) atoms. The summed E-state index contributed by atoms with van der Waals surface area (Å²) in [6.07, 6.45) is 0. The summed E-state index contributed by atoms with van der Waals surface area (Å²) in [5.74, 6) is -4.22. The highest BCUT2D eigenvalue weighted by atomic mass is 32.1. The molecular formula is C6H15F2N3S2. The fourth-order valence-corrected chi connectivity index (χ4v) is 0.907. The van der Waals surface area contributed by atoms with Crippen molar-refractivity contribution in [1.29, 1.82) is 0 Å². The lowest BCUT2D eigenvalue weighted by molar-refractivity contribution is 0.110. The predicted molar refractivity (Wildman–Crippen MR) is 56.6 cm³/mol. The first kappa shape index (κ1) is 13.4. The lowest BCUT2D eigenvalue weighted by Crippen LogP contribution is -2.56. The second-order valence-electron chi connectivity index (χ2n) is 2.87. The molecule has 7 heteroatoms. The van der Waals surface area contributed by atoms with Crippen LogP contribution in [0, 0.1) is 0 Å². The normalized spacial score (nSPS) is 20.8. The molecule has 5 N–H and O–H groups in total. The Balaban J connectivity index is 3.99. The first-order valence-electron chi connectivity index (χ1n) is 3.73. The van der Waals surface area contributed by atoms with Crippen LogP contribution in [0.2, 0.25) is 0 Å². The number of hydrogen-bond acceptors (Lipinski definition) is 5. The fraction of sp³-hybridized carbons (Fsp3) is 1.00. The first-order valence-corrected chi connectivity index (χ1v) is 4.99. The zero-order valence-corrected chi connectivity index (χ0v) is 8.92. The molecule has 2 atom stereocenters. The highest BCUT2D eigenvalue weighted by Crippen LogP contribution is 2.10. The minimum absolute atomic E-state index is 0.133. The van der Waals surface area contributed by atoms with Gasteiger partial charge in [-0.3, -0.25) is 11.1 Å². The molecule has 0 aliphatic carbocycles. The lowest BCUT2D eigenvalue weighted by Gasteiger charge is -2.27. The first-order chi connectivity index (χ1) is 5.89. The van der Waals surface area contributed by atoms with Crippen molar-refractivity contribution in [3.8, 4) is 0 Å². The minimum Gasteiger partial charge on any atom is -0.326 e. The second kappa shape index (κ2) is 5.35. The van der Waals surface area contributed by atoms with E-state index in [2.05, 4.69) is 30.6 Å². The molecule has 0 aromatic rings. The van der Waals surface area contributed by atoms with Crippen LogP contribution in [0.5, 0.6) is 0 Å². The Hall–Kier alpha value is 0.440. The van der Waals surface area contributed by atoms with E-state index >= 15 is 0 Å². The Labute approximate surface area is 87.4 Å². The van der Waals surface area contributed by atoms with E-state index in [0.29, 0.717) is 0 Å². The van der Waals surface area contributed by atoms with Crippen molar-refractivity contribution < 1.29 is 8.78 Å². The summed E-state index contributed by atoms with van der Waals surface area (Å²) >= 11 is 7.42. The summed E-state index contributed by atoms with van der Waals surface area (Å²) in [6.45, 7) is -0.621. The minimum atomic E-state index is -2.03. The van der Waals surface area contributed by atoms with Crippen LogP contribution >= 0.6 is 25.3 Å². The van der Waals surface area contributed by atoms with Crippen molar-refractivity contribution in [2.45, 2.75) is 11.6 Å². The van der Waals surface area contributed by atoms with Crippen molar-refractivity contribution in [2.24, 2.45) is 11.5 Å². The molecule has 0 bridgehead atoms. The summed E-state index contributed by atoms with van der Waals surface area (Å²) in [5, 5.41) is 2.27. The Morgan fingerprint density at radius 2 is 1.77 bits per heavy atom. The van der Waals surface area contributed by atoms with Crippen LogP contribution < -0.4 is 16.8 Å². The van der Waals surface area contributed by atoms with Crippen molar-refractivity contribution in [2.75, 3.05) is 24.6 Å². The second-order valence-corrected chi connectivity index (χ2v) is 3.51. The molecule has 80 valence electrons. The largest absolute Gasteiger partial charge is 0.326 e. The molecular weight excluding hydrogens is 216 g/mol. The van der Waals surface area contributed by atoms with Gasteiger partial charge in [-0.2, -0.15) is 25.3 Å². The highest BCUT2D eigenvalue weighted by Gasteiger charge is 2.30. The van der Waals surface area contributed by atoms with Crippen LogP contribution in [0.4, 0.5) is 8.78 Å². The number of thiol groups is 2. The molecule has 0 radical (unpaired) electrons. The average Bonchev–Trinajstić information content (AvgIpc) is 2.14. The van der Waals surface area contributed by atoms with Gasteiger partial charge in [-0.05, 0) is 0 Å². The molecule has 0 fully saturated rings. The molecule has 0 saturated heterocycles. The molecule has 0 rings (SSSR count). The van der Waals surface area contributed by atoms with E-state index in [1.807, 2.05) is 0 Å². The number of nitrogens with two attached hydrogens (primary N) is 2. The number of halogens is 2. The molecule has 0 heterocycles. The maximum absolute atomic E-state index is 13.4. The van der Waals surface area contributed by atoms with Gasteiger partial charge in [0.2, 0.25) is 0 Å². The Morgan fingerprint density at radius 1 is 1.23 bits per heavy atom. The van der Waals surface area contributed by atoms with E-state index in [1.165, 1.54) is 0 Å². The standard InChI is InChI=1S/C6H15F2N3S2/c7-5(10,3-12)2-11-6(8,1-9)4-13/h11-13H,1-4,9-10H2/t5-,6-/m1/s1. The van der Waals surface area contributed by atoms with Gasteiger partial charge >= 0.3 is 0 Å². The van der Waals surface area contributed by atoms with Gasteiger partial charge < -0.3 is 5.73 Å². The van der Waals surface area contributed by atoms with Crippen LogP contribution in [0.25, 0.3) is 0 Å². The fourth-order valence-electron chi connectivity index (χ4n) is 0.554. The molecule has 0 aliphatic heterocycles. The third-order valence-corrected chi connectivity index (χ3v) is 2.56. The maximum atomic E-state index is 13.4. The quantitative estimate of drug-likeness (QED) is 0.322. The van der Waals surface area contributed by atoms with E-state index in [-0.39, 0.29) is 24.6 Å². The van der Waals surface area contributed by atoms with Gasteiger partial charge in [-0.1, -0.05) is 0 Å². The lowest BCUT2D eigenvalue weighted by atomic mass is 10.2. The zero-order chi connectivity index (χ0) is 10.5. The van der Waals surface area contributed by atoms with Gasteiger partial charge in [0.05, 0.1) is 0 Å². The smallest absolute Gasteiger partial charge is 0.182 e. The van der Waals surface area contributed by atoms with Gasteiger partial charge in [-0.15, -0.1) is 0 Å². The Morgan fingerprint density at radius 3 is 2.08 bits per heavy atom. The van der Waals surface area contributed by atoms with Crippen molar-refractivity contribution in [3.63, 3.8) is 0 Å². The van der Waals surface area contributed by atoms with Gasteiger partial charge in [0.15, 0.2) is 11.6 Å². The molecule has 0 aromatic heterocycles. The third-order valence-electron chi connectivity index (χ3n) is 1.54. The van der Waals surface area contributed by atoms with E-state index in [0.717, 1.165) is 0 Å². The van der Waals surface area contributed by atoms with Gasteiger partial charge in [0.25, 0.3) is 0 Å². The number of hydrogen-bond donors (Lipinski definition) is 5. The van der Waals surface area contributed by atoms with Crippen LogP contribution in [0.15, 0.2) is 0 Å². The molecule has 0 aliphatic rings. The molecule has 0 amide bonds. The number of alkyl halides is 2. The van der Waals surface area contributed by atoms with E-state index in [4.69, 9.17) is 11.5 Å². The summed E-state index contributed by atoms with van der Waals surface area (Å²) in [4.78, 5) is 0. The molecule has 3 nitrogen and oxygen atoms in total. The van der Waals surface area contributed by atoms with Crippen molar-refractivity contribution >= 4 is 25.3 Å². The Bertz CT molecular complexity index is 153. The van der Waals surface area contributed by atoms with Crippen LogP contribution in [0.3, 0.4) is 0 Å². The summed E-state index contributed by atoms with van der Waals surface area (Å²) in [7, 11) is 0. The molecule has 0 spiro atoms. The van der Waals surface area contributed by atoms with E-state index in [9.17, 15) is 8.78 Å². The van der Waals surface area contributed by atoms with Crippen LogP contribution in [-0.2, 0) is 0 Å². The van der Waals surface area contributed by atoms with Crippen LogP contribution in [0.1, 0.15) is 0 Å². The molecule has 0 saturated carbocycles. The average molecular weight is 231 g/mol. The predicted octanol–water partition coefficient (Wildman–Crippen LogP) is -0.315. The van der Waals surface area contributed by atoms with Gasteiger partial charge in [-0.25, -0.2) is 8.78 Å². The zero-order valence-electron chi connectivity index (χ0n) is 7.13. The summed E-state index contributed by atoms with van der Waals surface area (Å²) < 4.78 is 26.4. The topological polar surface area (TPSA) is 64.1 Å². The highest BCUT2D eigenvalue weighted by molar-refractivity contribution is 7.80. The summed E-state index contributed by atoms with van der Waals surface area (Å²) in [5.41, 5.74) is 10.2. The monoisotopic (exact) mass is 231 g/mol. The SMILES string of the molecule is NC[C@](F)(CS)NC[C@](N)(F)CS.